The Morgan fingerprint density at radius 3 is 2.73 bits per heavy atom. The van der Waals surface area contributed by atoms with Gasteiger partial charge in [0.05, 0.1) is 5.02 Å². The summed E-state index contributed by atoms with van der Waals surface area (Å²) in [7, 11) is 0. The van der Waals surface area contributed by atoms with E-state index in [4.69, 9.17) is 22.1 Å². The third-order valence-electron chi connectivity index (χ3n) is 1.21. The molecule has 0 atom stereocenters. The summed E-state index contributed by atoms with van der Waals surface area (Å²) in [5, 5.41) is 15.8. The highest BCUT2D eigenvalue weighted by Gasteiger charge is 2.05. The van der Waals surface area contributed by atoms with E-state index in [1.165, 1.54) is 0 Å². The van der Waals surface area contributed by atoms with Crippen LogP contribution in [-0.4, -0.2) is 11.3 Å². The van der Waals surface area contributed by atoms with Crippen molar-refractivity contribution in [3.8, 4) is 5.75 Å². The third kappa shape index (κ3) is 1.49. The first kappa shape index (κ1) is 8.01. The van der Waals surface area contributed by atoms with Crippen molar-refractivity contribution in [1.29, 1.82) is 5.41 Å². The molecule has 0 aliphatic heterocycles. The van der Waals surface area contributed by atoms with Crippen LogP contribution < -0.4 is 0 Å². The van der Waals surface area contributed by atoms with E-state index >= 15 is 0 Å². The Bertz CT molecular complexity index is 301. The molecule has 4 heteroatoms. The van der Waals surface area contributed by atoms with E-state index in [0.29, 0.717) is 0 Å². The summed E-state index contributed by atoms with van der Waals surface area (Å²) in [4.78, 5) is 0. The third-order valence-corrected chi connectivity index (χ3v) is 1.50. The molecule has 0 radical (unpaired) electrons. The zero-order valence-corrected chi connectivity index (χ0v) is 6.19. The van der Waals surface area contributed by atoms with Gasteiger partial charge in [-0.1, -0.05) is 11.6 Å². The number of phenolic OH excluding ortho intramolecular Hbond substituents is 1. The molecule has 0 fully saturated rings. The number of hydrogen-bond donors (Lipinski definition) is 2. The summed E-state index contributed by atoms with van der Waals surface area (Å²) in [6.07, 6.45) is 0.838. The maximum absolute atomic E-state index is 12.5. The minimum absolute atomic E-state index is 0.0787. The number of rotatable bonds is 1. The molecule has 0 aromatic heterocycles. The van der Waals surface area contributed by atoms with E-state index in [9.17, 15) is 4.39 Å². The second-order valence-electron chi connectivity index (χ2n) is 1.97. The van der Waals surface area contributed by atoms with Gasteiger partial charge in [0.25, 0.3) is 0 Å². The van der Waals surface area contributed by atoms with Gasteiger partial charge in [-0.05, 0) is 12.1 Å². The second kappa shape index (κ2) is 2.88. The first-order chi connectivity index (χ1) is 5.15. The molecule has 0 aliphatic carbocycles. The predicted molar refractivity (Wildman–Crippen MR) is 41.0 cm³/mol. The molecule has 58 valence electrons. The Labute approximate surface area is 67.7 Å². The number of benzene rings is 1. The highest BCUT2D eigenvalue weighted by molar-refractivity contribution is 6.32. The SMILES string of the molecule is N=Cc1cc(F)cc(Cl)c1O. The number of hydrogen-bond acceptors (Lipinski definition) is 2. The fraction of sp³-hybridized carbons (Fsp3) is 0. The molecule has 0 heterocycles. The van der Waals surface area contributed by atoms with Crippen LogP contribution in [0.25, 0.3) is 0 Å². The lowest BCUT2D eigenvalue weighted by Gasteiger charge is -1.99. The second-order valence-corrected chi connectivity index (χ2v) is 2.38. The Balaban J connectivity index is 3.35. The van der Waals surface area contributed by atoms with Crippen molar-refractivity contribution >= 4 is 17.8 Å². The highest BCUT2D eigenvalue weighted by atomic mass is 35.5. The molecule has 1 aromatic carbocycles. The van der Waals surface area contributed by atoms with Crippen LogP contribution in [0.1, 0.15) is 5.56 Å². The molecule has 2 nitrogen and oxygen atoms in total. The van der Waals surface area contributed by atoms with Gasteiger partial charge in [0, 0.05) is 11.8 Å². The summed E-state index contributed by atoms with van der Waals surface area (Å²) >= 11 is 5.40. The lowest BCUT2D eigenvalue weighted by Crippen LogP contribution is -1.84. The fourth-order valence-corrected chi connectivity index (χ4v) is 0.909. The van der Waals surface area contributed by atoms with Gasteiger partial charge < -0.3 is 10.5 Å². The van der Waals surface area contributed by atoms with Gasteiger partial charge in [-0.15, -0.1) is 0 Å². The van der Waals surface area contributed by atoms with Crippen LogP contribution in [-0.2, 0) is 0 Å². The summed E-state index contributed by atoms with van der Waals surface area (Å²) < 4.78 is 12.5. The van der Waals surface area contributed by atoms with Crippen LogP contribution in [0.4, 0.5) is 4.39 Å². The van der Waals surface area contributed by atoms with E-state index in [2.05, 4.69) is 0 Å². The molecule has 0 bridgehead atoms. The average molecular weight is 174 g/mol. The van der Waals surface area contributed by atoms with Crippen LogP contribution in [0.5, 0.6) is 5.75 Å². The highest BCUT2D eigenvalue weighted by Crippen LogP contribution is 2.26. The van der Waals surface area contributed by atoms with Crippen molar-refractivity contribution in [2.45, 2.75) is 0 Å². The lowest BCUT2D eigenvalue weighted by molar-refractivity contribution is 0.472. The minimum atomic E-state index is -0.564. The van der Waals surface area contributed by atoms with E-state index in [1.807, 2.05) is 0 Å². The van der Waals surface area contributed by atoms with Gasteiger partial charge in [0.2, 0.25) is 0 Å². The van der Waals surface area contributed by atoms with Crippen molar-refractivity contribution in [3.05, 3.63) is 28.5 Å². The Kier molecular flexibility index (Phi) is 2.10. The van der Waals surface area contributed by atoms with Crippen molar-refractivity contribution < 1.29 is 9.50 Å². The van der Waals surface area contributed by atoms with Crippen LogP contribution in [0.2, 0.25) is 5.02 Å². The molecule has 11 heavy (non-hydrogen) atoms. The van der Waals surface area contributed by atoms with Gasteiger partial charge in [-0.25, -0.2) is 4.39 Å². The molecule has 2 N–H and O–H groups in total. The summed E-state index contributed by atoms with van der Waals surface area (Å²) in [6, 6.07) is 2.03. The Morgan fingerprint density at radius 1 is 1.55 bits per heavy atom. The van der Waals surface area contributed by atoms with E-state index in [0.717, 1.165) is 18.3 Å². The zero-order chi connectivity index (χ0) is 8.43. The molecule has 0 unspecified atom stereocenters. The van der Waals surface area contributed by atoms with E-state index in [-0.39, 0.29) is 16.3 Å². The maximum Gasteiger partial charge on any atom is 0.143 e. The normalized spacial score (nSPS) is 9.64. The number of halogens is 2. The van der Waals surface area contributed by atoms with Gasteiger partial charge in [0.1, 0.15) is 11.6 Å². The largest absolute Gasteiger partial charge is 0.506 e. The zero-order valence-electron chi connectivity index (χ0n) is 5.44. The smallest absolute Gasteiger partial charge is 0.143 e. The quantitative estimate of drug-likeness (QED) is 0.629. The lowest BCUT2D eigenvalue weighted by atomic mass is 10.2. The van der Waals surface area contributed by atoms with E-state index in [1.54, 1.807) is 0 Å². The van der Waals surface area contributed by atoms with Crippen LogP contribution in [0.15, 0.2) is 12.1 Å². The molecule has 0 spiro atoms. The Morgan fingerprint density at radius 2 is 2.18 bits per heavy atom. The van der Waals surface area contributed by atoms with Gasteiger partial charge >= 0.3 is 0 Å². The van der Waals surface area contributed by atoms with Crippen molar-refractivity contribution in [1.82, 2.24) is 0 Å². The number of phenols is 1. The topological polar surface area (TPSA) is 44.1 Å². The Hall–Kier alpha value is -1.09. The van der Waals surface area contributed by atoms with Crippen LogP contribution >= 0.6 is 11.6 Å². The van der Waals surface area contributed by atoms with Crippen molar-refractivity contribution in [3.63, 3.8) is 0 Å². The molecular weight excluding hydrogens is 169 g/mol. The van der Waals surface area contributed by atoms with E-state index < -0.39 is 5.82 Å². The first-order valence-corrected chi connectivity index (χ1v) is 3.21. The molecule has 0 amide bonds. The summed E-state index contributed by atoms with van der Waals surface area (Å²) in [5.74, 6) is -0.825. The minimum Gasteiger partial charge on any atom is -0.506 e. The summed E-state index contributed by atoms with van der Waals surface area (Å²) in [6.45, 7) is 0. The van der Waals surface area contributed by atoms with Crippen LogP contribution in [0, 0.1) is 11.2 Å². The fourth-order valence-electron chi connectivity index (χ4n) is 0.696. The molecule has 1 rings (SSSR count). The van der Waals surface area contributed by atoms with Gasteiger partial charge in [-0.3, -0.25) is 0 Å². The van der Waals surface area contributed by atoms with Gasteiger partial charge in [0.15, 0.2) is 0 Å². The first-order valence-electron chi connectivity index (χ1n) is 2.83. The molecule has 1 aromatic rings. The average Bonchev–Trinajstić information content (AvgIpc) is 1.96. The molecular formula is C7H5ClFNO. The molecule has 0 saturated carbocycles. The molecule has 0 aliphatic rings. The van der Waals surface area contributed by atoms with Crippen molar-refractivity contribution in [2.24, 2.45) is 0 Å². The number of aromatic hydroxyl groups is 1. The predicted octanol–water partition coefficient (Wildman–Crippen LogP) is 2.18. The maximum atomic E-state index is 12.5. The van der Waals surface area contributed by atoms with Crippen molar-refractivity contribution in [2.75, 3.05) is 0 Å². The monoisotopic (exact) mass is 173 g/mol. The standard InChI is InChI=1S/C7H5ClFNO/c8-6-2-5(9)1-4(3-10)7(6)11/h1-3,10-11H. The van der Waals surface area contributed by atoms with Gasteiger partial charge in [-0.2, -0.15) is 0 Å². The van der Waals surface area contributed by atoms with Crippen LogP contribution in [0.3, 0.4) is 0 Å². The number of nitrogens with one attached hydrogen (secondary N) is 1. The summed E-state index contributed by atoms with van der Waals surface area (Å²) in [5.41, 5.74) is 0.0787. The molecule has 0 saturated heterocycles.